The molecule has 0 aliphatic heterocycles. The zero-order valence-electron chi connectivity index (χ0n) is 16.4. The molecule has 0 saturated heterocycles. The van der Waals surface area contributed by atoms with Crippen LogP contribution in [-0.4, -0.2) is 27.8 Å². The number of hydrogen-bond donors (Lipinski definition) is 1. The van der Waals surface area contributed by atoms with Crippen molar-refractivity contribution in [2.75, 3.05) is 12.3 Å². The van der Waals surface area contributed by atoms with Crippen LogP contribution in [0.15, 0.2) is 58.5 Å². The summed E-state index contributed by atoms with van der Waals surface area (Å²) >= 11 is 1.27. The number of amides is 1. The van der Waals surface area contributed by atoms with Crippen LogP contribution in [-0.2, 0) is 17.8 Å². The molecule has 1 heterocycles. The zero-order chi connectivity index (χ0) is 20.6. The summed E-state index contributed by atoms with van der Waals surface area (Å²) in [6.07, 6.45) is 2.47. The van der Waals surface area contributed by atoms with Gasteiger partial charge >= 0.3 is 0 Å². The molecule has 29 heavy (non-hydrogen) atoms. The molecule has 1 N–H and O–H groups in total. The zero-order valence-corrected chi connectivity index (χ0v) is 17.2. The van der Waals surface area contributed by atoms with Crippen molar-refractivity contribution < 1.29 is 9.18 Å². The molecule has 0 atom stereocenters. The third-order valence-electron chi connectivity index (χ3n) is 4.54. The molecular formula is C22H24FN3O2S. The van der Waals surface area contributed by atoms with Crippen LogP contribution in [0.4, 0.5) is 4.39 Å². The third kappa shape index (κ3) is 5.67. The Morgan fingerprint density at radius 2 is 1.93 bits per heavy atom. The molecule has 0 radical (unpaired) electrons. The van der Waals surface area contributed by atoms with Gasteiger partial charge in [-0.25, -0.2) is 9.37 Å². The molecule has 1 aromatic heterocycles. The summed E-state index contributed by atoms with van der Waals surface area (Å²) in [5.74, 6) is -0.215. The Kier molecular flexibility index (Phi) is 7.41. The van der Waals surface area contributed by atoms with E-state index in [1.165, 1.54) is 23.9 Å². The second-order valence-corrected chi connectivity index (χ2v) is 7.68. The van der Waals surface area contributed by atoms with Gasteiger partial charge in [-0.15, -0.1) is 0 Å². The molecule has 3 rings (SSSR count). The molecule has 0 aliphatic rings. The van der Waals surface area contributed by atoms with Crippen LogP contribution in [0.2, 0.25) is 0 Å². The lowest BCUT2D eigenvalue weighted by molar-refractivity contribution is -0.118. The molecule has 0 unspecified atom stereocenters. The van der Waals surface area contributed by atoms with Gasteiger partial charge in [0.1, 0.15) is 5.82 Å². The minimum atomic E-state index is -0.272. The van der Waals surface area contributed by atoms with E-state index in [0.29, 0.717) is 35.6 Å². The van der Waals surface area contributed by atoms with Gasteiger partial charge in [0, 0.05) is 13.1 Å². The summed E-state index contributed by atoms with van der Waals surface area (Å²) < 4.78 is 14.6. The van der Waals surface area contributed by atoms with Crippen LogP contribution in [0.5, 0.6) is 0 Å². The summed E-state index contributed by atoms with van der Waals surface area (Å²) in [5, 5.41) is 4.02. The highest BCUT2D eigenvalue weighted by atomic mass is 32.2. The molecular weight excluding hydrogens is 389 g/mol. The number of carbonyl (C=O) groups excluding carboxylic acids is 1. The molecule has 0 aliphatic carbocycles. The predicted molar refractivity (Wildman–Crippen MR) is 115 cm³/mol. The molecule has 7 heteroatoms. The summed E-state index contributed by atoms with van der Waals surface area (Å²) in [4.78, 5) is 29.7. The second kappa shape index (κ2) is 10.2. The topological polar surface area (TPSA) is 64.0 Å². The van der Waals surface area contributed by atoms with E-state index in [4.69, 9.17) is 0 Å². The summed E-state index contributed by atoms with van der Waals surface area (Å²) in [7, 11) is 0. The van der Waals surface area contributed by atoms with Gasteiger partial charge in [-0.1, -0.05) is 49.4 Å². The maximum absolute atomic E-state index is 12.9. The molecule has 0 spiro atoms. The van der Waals surface area contributed by atoms with E-state index < -0.39 is 0 Å². The number of halogens is 1. The number of fused-ring (bicyclic) bond motifs is 1. The largest absolute Gasteiger partial charge is 0.355 e. The number of aromatic nitrogens is 2. The van der Waals surface area contributed by atoms with E-state index in [1.54, 1.807) is 22.8 Å². The van der Waals surface area contributed by atoms with Gasteiger partial charge in [0.05, 0.1) is 16.7 Å². The number of para-hydroxylation sites is 1. The lowest BCUT2D eigenvalue weighted by Crippen LogP contribution is -2.28. The van der Waals surface area contributed by atoms with Crippen LogP contribution < -0.4 is 10.9 Å². The highest BCUT2D eigenvalue weighted by Crippen LogP contribution is 2.18. The average molecular weight is 414 g/mol. The minimum absolute atomic E-state index is 0.0664. The van der Waals surface area contributed by atoms with Crippen LogP contribution in [0.1, 0.15) is 25.3 Å². The summed E-state index contributed by atoms with van der Waals surface area (Å²) in [5.41, 5.74) is 1.54. The fourth-order valence-electron chi connectivity index (χ4n) is 2.95. The lowest BCUT2D eigenvalue weighted by Gasteiger charge is -2.12. The number of thioether (sulfide) groups is 1. The Morgan fingerprint density at radius 1 is 1.17 bits per heavy atom. The molecule has 152 valence electrons. The molecule has 0 saturated carbocycles. The Morgan fingerprint density at radius 3 is 2.69 bits per heavy atom. The van der Waals surface area contributed by atoms with Crippen molar-refractivity contribution in [3.8, 4) is 0 Å². The first-order valence-electron chi connectivity index (χ1n) is 9.72. The van der Waals surface area contributed by atoms with E-state index in [1.807, 2.05) is 18.2 Å². The van der Waals surface area contributed by atoms with E-state index >= 15 is 0 Å². The number of carbonyl (C=O) groups is 1. The molecule has 0 bridgehead atoms. The maximum Gasteiger partial charge on any atom is 0.262 e. The first-order valence-corrected chi connectivity index (χ1v) is 10.7. The van der Waals surface area contributed by atoms with E-state index in [-0.39, 0.29) is 23.0 Å². The molecule has 3 aromatic rings. The maximum atomic E-state index is 12.9. The van der Waals surface area contributed by atoms with Gasteiger partial charge < -0.3 is 5.32 Å². The number of benzene rings is 2. The van der Waals surface area contributed by atoms with Crippen LogP contribution in [0.25, 0.3) is 10.9 Å². The second-order valence-electron chi connectivity index (χ2n) is 6.74. The molecule has 5 nitrogen and oxygen atoms in total. The van der Waals surface area contributed by atoms with Gasteiger partial charge in [0.25, 0.3) is 5.56 Å². The van der Waals surface area contributed by atoms with Gasteiger partial charge in [0.2, 0.25) is 5.91 Å². The fourth-order valence-corrected chi connectivity index (χ4v) is 3.80. The summed E-state index contributed by atoms with van der Waals surface area (Å²) in [6.45, 7) is 3.13. The predicted octanol–water partition coefficient (Wildman–Crippen LogP) is 3.79. The van der Waals surface area contributed by atoms with Crippen molar-refractivity contribution in [1.29, 1.82) is 0 Å². The van der Waals surface area contributed by atoms with Crippen LogP contribution in [0.3, 0.4) is 0 Å². The highest BCUT2D eigenvalue weighted by molar-refractivity contribution is 7.99. The van der Waals surface area contributed by atoms with Crippen molar-refractivity contribution in [3.05, 3.63) is 70.3 Å². The minimum Gasteiger partial charge on any atom is -0.355 e. The van der Waals surface area contributed by atoms with Crippen molar-refractivity contribution in [2.45, 2.75) is 37.9 Å². The monoisotopic (exact) mass is 413 g/mol. The lowest BCUT2D eigenvalue weighted by atomic mass is 10.1. The smallest absolute Gasteiger partial charge is 0.262 e. The molecule has 1 amide bonds. The van der Waals surface area contributed by atoms with Gasteiger partial charge in [-0.05, 0) is 42.7 Å². The van der Waals surface area contributed by atoms with E-state index in [2.05, 4.69) is 17.2 Å². The van der Waals surface area contributed by atoms with Crippen molar-refractivity contribution in [1.82, 2.24) is 14.9 Å². The number of nitrogens with zero attached hydrogens (tertiary/aromatic N) is 2. The first kappa shape index (κ1) is 21.0. The normalized spacial score (nSPS) is 11.0. The Labute approximate surface area is 173 Å². The SMILES string of the molecule is CCCCn1c(SCC(=O)NCCc2ccc(F)cc2)nc2ccccc2c1=O. The Bertz CT molecular complexity index is 1030. The quantitative estimate of drug-likeness (QED) is 0.428. The highest BCUT2D eigenvalue weighted by Gasteiger charge is 2.13. The van der Waals surface area contributed by atoms with Crippen molar-refractivity contribution >= 4 is 28.6 Å². The number of rotatable bonds is 9. The van der Waals surface area contributed by atoms with Crippen molar-refractivity contribution in [3.63, 3.8) is 0 Å². The third-order valence-corrected chi connectivity index (χ3v) is 5.52. The summed E-state index contributed by atoms with van der Waals surface area (Å²) in [6, 6.07) is 13.5. The fraction of sp³-hybridized carbons (Fsp3) is 0.318. The van der Waals surface area contributed by atoms with E-state index in [0.717, 1.165) is 18.4 Å². The Hall–Kier alpha value is -2.67. The number of hydrogen-bond acceptors (Lipinski definition) is 4. The van der Waals surface area contributed by atoms with Crippen LogP contribution in [0, 0.1) is 5.82 Å². The number of unbranched alkanes of at least 4 members (excludes halogenated alkanes) is 1. The van der Waals surface area contributed by atoms with E-state index in [9.17, 15) is 14.0 Å². The van der Waals surface area contributed by atoms with Gasteiger partial charge in [-0.2, -0.15) is 0 Å². The van der Waals surface area contributed by atoms with Gasteiger partial charge in [0.15, 0.2) is 5.16 Å². The van der Waals surface area contributed by atoms with Crippen molar-refractivity contribution in [2.24, 2.45) is 0 Å². The van der Waals surface area contributed by atoms with Gasteiger partial charge in [-0.3, -0.25) is 14.2 Å². The Balaban J connectivity index is 1.63. The standard InChI is InChI=1S/C22H24FN3O2S/c1-2-3-14-26-21(28)18-6-4-5-7-19(18)25-22(26)29-15-20(27)24-13-12-16-8-10-17(23)11-9-16/h4-11H,2-3,12-15H2,1H3,(H,24,27). The molecule has 2 aromatic carbocycles. The average Bonchev–Trinajstić information content (AvgIpc) is 2.73. The number of nitrogens with one attached hydrogen (secondary N) is 1. The first-order chi connectivity index (χ1) is 14.1. The van der Waals surface area contributed by atoms with Crippen LogP contribution >= 0.6 is 11.8 Å². The molecule has 0 fully saturated rings.